The third-order valence-electron chi connectivity index (χ3n) is 10.8. The summed E-state index contributed by atoms with van der Waals surface area (Å²) in [5.41, 5.74) is 13.2. The average molecular weight is 1090 g/mol. The Bertz CT molecular complexity index is 2540. The van der Waals surface area contributed by atoms with Crippen LogP contribution in [0, 0.1) is 12.1 Å². The molecule has 0 saturated heterocycles. The Labute approximate surface area is 355 Å². The van der Waals surface area contributed by atoms with E-state index in [0.717, 1.165) is 89.8 Å². The molecular formula is C48H36N4O2Pt2-2. The van der Waals surface area contributed by atoms with Gasteiger partial charge in [0.25, 0.3) is 0 Å². The average Bonchev–Trinajstić information content (AvgIpc) is 3.63. The Balaban J connectivity index is 0.00000240. The number of hydrogen-bond acceptors (Lipinski definition) is 6. The van der Waals surface area contributed by atoms with E-state index < -0.39 is 10.8 Å². The Morgan fingerprint density at radius 1 is 0.446 bits per heavy atom. The second-order valence-corrected chi connectivity index (χ2v) is 14.9. The number of benzene rings is 6. The smallest absolute Gasteiger partial charge is 0.124 e. The predicted octanol–water partition coefficient (Wildman–Crippen LogP) is 11.0. The Kier molecular flexibility index (Phi) is 10.4. The van der Waals surface area contributed by atoms with Crippen molar-refractivity contribution in [1.29, 1.82) is 0 Å². The number of rotatable bonds is 6. The van der Waals surface area contributed by atoms with Gasteiger partial charge in [-0.2, -0.15) is 0 Å². The first kappa shape index (κ1) is 39.0. The van der Waals surface area contributed by atoms with Gasteiger partial charge in [0.05, 0.1) is 17.8 Å². The Morgan fingerprint density at radius 2 is 0.821 bits per heavy atom. The van der Waals surface area contributed by atoms with Crippen molar-refractivity contribution < 1.29 is 52.3 Å². The van der Waals surface area contributed by atoms with E-state index in [1.165, 1.54) is 0 Å². The number of nitrogens with zero attached hydrogens (tertiary/aromatic N) is 4. The number of aromatic hydroxyl groups is 2. The van der Waals surface area contributed by atoms with Crippen molar-refractivity contribution in [1.82, 2.24) is 9.97 Å². The van der Waals surface area contributed by atoms with Gasteiger partial charge >= 0.3 is 0 Å². The molecule has 8 heteroatoms. The van der Waals surface area contributed by atoms with Crippen LogP contribution in [0.15, 0.2) is 144 Å². The number of phenolic OH excluding ortho intramolecular Hbond substituents is 2. The van der Waals surface area contributed by atoms with Crippen molar-refractivity contribution in [2.75, 3.05) is 0 Å². The van der Waals surface area contributed by atoms with Crippen LogP contribution >= 0.6 is 0 Å². The summed E-state index contributed by atoms with van der Waals surface area (Å²) in [5.74, 6) is 0.441. The van der Waals surface area contributed by atoms with Crippen molar-refractivity contribution in [3.8, 4) is 56.3 Å². The summed E-state index contributed by atoms with van der Waals surface area (Å²) in [5, 5.41) is 21.4. The summed E-state index contributed by atoms with van der Waals surface area (Å²) < 4.78 is 0. The molecule has 0 amide bonds. The molecule has 0 unspecified atom stereocenters. The van der Waals surface area contributed by atoms with Crippen LogP contribution in [-0.2, 0) is 53.0 Å². The number of aliphatic imine (C=N–C) groups is 2. The van der Waals surface area contributed by atoms with E-state index in [4.69, 9.17) is 9.98 Å². The van der Waals surface area contributed by atoms with E-state index >= 15 is 0 Å². The van der Waals surface area contributed by atoms with Gasteiger partial charge in [-0.15, -0.1) is 59.7 Å². The van der Waals surface area contributed by atoms with E-state index in [2.05, 4.69) is 86.2 Å². The summed E-state index contributed by atoms with van der Waals surface area (Å²) in [6.07, 6.45) is 1.59. The van der Waals surface area contributed by atoms with Crippen LogP contribution < -0.4 is 0 Å². The molecule has 282 valence electrons. The van der Waals surface area contributed by atoms with Crippen molar-refractivity contribution in [3.63, 3.8) is 0 Å². The second-order valence-electron chi connectivity index (χ2n) is 14.9. The largest absolute Gasteiger partial charge is 0.507 e. The minimum absolute atomic E-state index is 0. The summed E-state index contributed by atoms with van der Waals surface area (Å²) in [4.78, 5) is 19.6. The zero-order valence-electron chi connectivity index (χ0n) is 31.0. The van der Waals surface area contributed by atoms with Gasteiger partial charge in [0, 0.05) is 86.9 Å². The molecule has 6 aromatic carbocycles. The topological polar surface area (TPSA) is 91.0 Å². The summed E-state index contributed by atoms with van der Waals surface area (Å²) in [6.45, 7) is 8.59. The molecule has 0 atom stereocenters. The SMILES string of the molecule is CC1(C)C(c2ccccc2O)=Nc2c(-c3[c-]c(-c4cc(-c5[c-]c(-c6cccc7c6N=C(c6ccccc6O)C7(C)C)ccc5)ncn4)ccc3)cccc21.[Pt].[Pt]. The second kappa shape index (κ2) is 15.0. The van der Waals surface area contributed by atoms with Crippen LogP contribution in [0.1, 0.15) is 49.9 Å². The molecule has 0 radical (unpaired) electrons. The van der Waals surface area contributed by atoms with E-state index in [-0.39, 0.29) is 53.6 Å². The molecule has 6 nitrogen and oxygen atoms in total. The molecule has 3 heterocycles. The fourth-order valence-corrected chi connectivity index (χ4v) is 7.87. The monoisotopic (exact) mass is 1090 g/mol. The number of aromatic nitrogens is 2. The minimum atomic E-state index is -0.399. The normalized spacial score (nSPS) is 14.4. The third-order valence-corrected chi connectivity index (χ3v) is 10.8. The first-order chi connectivity index (χ1) is 26.1. The molecule has 2 aliphatic rings. The maximum absolute atomic E-state index is 10.7. The van der Waals surface area contributed by atoms with E-state index in [9.17, 15) is 10.2 Å². The minimum Gasteiger partial charge on any atom is -0.507 e. The first-order valence-corrected chi connectivity index (χ1v) is 18.0. The molecule has 7 aromatic rings. The number of hydrogen-bond donors (Lipinski definition) is 2. The summed E-state index contributed by atoms with van der Waals surface area (Å²) >= 11 is 0. The number of phenols is 2. The van der Waals surface area contributed by atoms with Crippen LogP contribution in [0.5, 0.6) is 11.5 Å². The van der Waals surface area contributed by atoms with Gasteiger partial charge in [-0.1, -0.05) is 117 Å². The molecule has 1 aromatic heterocycles. The summed E-state index contributed by atoms with van der Waals surface area (Å²) in [6, 6.07) is 48.6. The molecule has 2 aliphatic heterocycles. The molecule has 9 rings (SSSR count). The van der Waals surface area contributed by atoms with Gasteiger partial charge in [0.2, 0.25) is 0 Å². The predicted molar refractivity (Wildman–Crippen MR) is 216 cm³/mol. The van der Waals surface area contributed by atoms with Crippen LogP contribution in [0.3, 0.4) is 0 Å². The van der Waals surface area contributed by atoms with Crippen molar-refractivity contribution in [2.24, 2.45) is 9.98 Å². The van der Waals surface area contributed by atoms with Crippen molar-refractivity contribution >= 4 is 22.8 Å². The maximum Gasteiger partial charge on any atom is 0.124 e. The van der Waals surface area contributed by atoms with E-state index in [1.807, 2.05) is 78.9 Å². The number of fused-ring (bicyclic) bond motifs is 2. The van der Waals surface area contributed by atoms with Gasteiger partial charge in [0.1, 0.15) is 11.5 Å². The molecular weight excluding hydrogens is 1050 g/mol. The zero-order valence-corrected chi connectivity index (χ0v) is 35.6. The van der Waals surface area contributed by atoms with Crippen LogP contribution in [-0.4, -0.2) is 31.6 Å². The maximum atomic E-state index is 10.7. The van der Waals surface area contributed by atoms with Gasteiger partial charge in [0.15, 0.2) is 0 Å². The van der Waals surface area contributed by atoms with Crippen molar-refractivity contribution in [3.05, 3.63) is 168 Å². The first-order valence-electron chi connectivity index (χ1n) is 18.0. The zero-order chi connectivity index (χ0) is 37.2. The molecule has 0 saturated carbocycles. The Hall–Kier alpha value is -5.28. The fourth-order valence-electron chi connectivity index (χ4n) is 7.87. The molecule has 56 heavy (non-hydrogen) atoms. The standard InChI is InChI=1S/C48H36N4O2.2Pt/c1-47(2)37-21-11-19-33(43(37)51-45(47)35-17-5-7-23-41(35)53)29-13-9-15-31(25-29)39-27-40(50-28-49-39)32-16-10-14-30(26-32)34-20-12-22-38-44(34)52-46(48(38,3)4)36-18-6-8-24-42(36)54;;/h5-24,27-28,53-54H,1-4H3;;/q-2;;. The van der Waals surface area contributed by atoms with E-state index in [1.54, 1.807) is 18.5 Å². The molecule has 0 spiro atoms. The summed E-state index contributed by atoms with van der Waals surface area (Å²) in [7, 11) is 0. The van der Waals surface area contributed by atoms with Crippen LogP contribution in [0.2, 0.25) is 0 Å². The molecule has 2 N–H and O–H groups in total. The van der Waals surface area contributed by atoms with E-state index in [0.29, 0.717) is 0 Å². The van der Waals surface area contributed by atoms with Gasteiger partial charge in [-0.25, -0.2) is 0 Å². The van der Waals surface area contributed by atoms with Crippen LogP contribution in [0.4, 0.5) is 11.4 Å². The number of para-hydroxylation sites is 4. The quantitative estimate of drug-likeness (QED) is 0.162. The molecule has 0 bridgehead atoms. The van der Waals surface area contributed by atoms with Gasteiger partial charge in [-0.3, -0.25) is 20.0 Å². The van der Waals surface area contributed by atoms with Crippen molar-refractivity contribution in [2.45, 2.75) is 38.5 Å². The molecule has 0 fully saturated rings. The fraction of sp³-hybridized carbons (Fsp3) is 0.125. The third kappa shape index (κ3) is 6.49. The van der Waals surface area contributed by atoms with Gasteiger partial charge in [-0.05, 0) is 35.4 Å². The van der Waals surface area contributed by atoms with Gasteiger partial charge < -0.3 is 10.2 Å². The molecule has 0 aliphatic carbocycles. The Morgan fingerprint density at radius 3 is 1.25 bits per heavy atom. The van der Waals surface area contributed by atoms with Crippen LogP contribution in [0.25, 0.3) is 44.8 Å².